The Labute approximate surface area is 211 Å². The number of rotatable bonds is 7. The molecule has 1 aliphatic heterocycles. The van der Waals surface area contributed by atoms with Gasteiger partial charge in [-0.3, -0.25) is 0 Å². The van der Waals surface area contributed by atoms with Gasteiger partial charge >= 0.3 is 7.12 Å². The molecule has 4 heteroatoms. The van der Waals surface area contributed by atoms with Gasteiger partial charge in [-0.25, -0.2) is 0 Å². The summed E-state index contributed by atoms with van der Waals surface area (Å²) in [4.78, 5) is 1.33. The lowest BCUT2D eigenvalue weighted by molar-refractivity contribution is 0.0842. The van der Waals surface area contributed by atoms with E-state index in [0.717, 1.165) is 5.46 Å². The highest BCUT2D eigenvalue weighted by atomic mass is 32.2. The van der Waals surface area contributed by atoms with Crippen LogP contribution in [-0.4, -0.2) is 24.6 Å². The van der Waals surface area contributed by atoms with Crippen molar-refractivity contribution >= 4 is 24.3 Å². The van der Waals surface area contributed by atoms with E-state index >= 15 is 0 Å². The topological polar surface area (TPSA) is 18.5 Å². The van der Waals surface area contributed by atoms with E-state index in [4.69, 9.17) is 9.31 Å². The van der Waals surface area contributed by atoms with Crippen molar-refractivity contribution in [2.45, 2.75) is 77.9 Å². The van der Waals surface area contributed by atoms with Crippen molar-refractivity contribution in [3.05, 3.63) is 72.3 Å². The van der Waals surface area contributed by atoms with E-state index in [2.05, 4.69) is 101 Å². The number of hydrogen-bond donors (Lipinski definition) is 0. The van der Waals surface area contributed by atoms with Crippen LogP contribution in [0.25, 0.3) is 22.3 Å². The van der Waals surface area contributed by atoms with Gasteiger partial charge in [-0.2, -0.15) is 0 Å². The van der Waals surface area contributed by atoms with Gasteiger partial charge in [-0.1, -0.05) is 81.3 Å². The van der Waals surface area contributed by atoms with E-state index < -0.39 is 0 Å². The van der Waals surface area contributed by atoms with Crippen LogP contribution in [0.1, 0.15) is 59.9 Å². The van der Waals surface area contributed by atoms with Gasteiger partial charge in [0.05, 0.1) is 11.7 Å². The minimum Gasteiger partial charge on any atom is -0.402 e. The van der Waals surface area contributed by atoms with E-state index in [-0.39, 0.29) is 18.8 Å². The highest BCUT2D eigenvalue weighted by Gasteiger charge is 2.44. The largest absolute Gasteiger partial charge is 0.494 e. The smallest absolute Gasteiger partial charge is 0.402 e. The van der Waals surface area contributed by atoms with Crippen molar-refractivity contribution in [1.29, 1.82) is 0 Å². The second kappa shape index (κ2) is 12.1. The van der Waals surface area contributed by atoms with Crippen LogP contribution in [0.15, 0.2) is 71.6 Å². The van der Waals surface area contributed by atoms with Crippen molar-refractivity contribution in [2.24, 2.45) is 0 Å². The molecule has 1 fully saturated rings. The number of thioether (sulfide) groups is 1. The molecule has 0 aliphatic carbocycles. The minimum absolute atomic E-state index is 0.0402. The van der Waals surface area contributed by atoms with Crippen LogP contribution < -0.4 is 5.46 Å². The Hall–Kier alpha value is -2.01. The molecule has 34 heavy (non-hydrogen) atoms. The summed E-state index contributed by atoms with van der Waals surface area (Å²) in [6, 6.07) is 24.3. The predicted molar refractivity (Wildman–Crippen MR) is 150 cm³/mol. The first kappa shape index (κ1) is 26.6. The van der Waals surface area contributed by atoms with E-state index in [9.17, 15) is 0 Å². The summed E-state index contributed by atoms with van der Waals surface area (Å²) in [6.07, 6.45) is 2.53. The summed E-state index contributed by atoms with van der Waals surface area (Å²) in [5.74, 6) is 1.17. The van der Waals surface area contributed by atoms with Gasteiger partial charge in [0.2, 0.25) is 0 Å². The maximum atomic E-state index is 6.30. The zero-order chi connectivity index (χ0) is 24.7. The molecule has 2 nitrogen and oxygen atoms in total. The van der Waals surface area contributed by atoms with Crippen molar-refractivity contribution in [3.63, 3.8) is 0 Å². The third-order valence-electron chi connectivity index (χ3n) is 6.28. The first-order chi connectivity index (χ1) is 16.4. The number of benzene rings is 3. The third kappa shape index (κ3) is 6.56. The molecule has 4 rings (SSSR count). The van der Waals surface area contributed by atoms with Crippen LogP contribution in [0.4, 0.5) is 0 Å². The monoisotopic (exact) mass is 474 g/mol. The number of unbranched alkanes of at least 4 members (excludes halogenated alkanes) is 1. The molecule has 0 bridgehead atoms. The lowest BCUT2D eigenvalue weighted by Gasteiger charge is -2.21. The maximum Gasteiger partial charge on any atom is 0.494 e. The Morgan fingerprint density at radius 3 is 1.91 bits per heavy atom. The van der Waals surface area contributed by atoms with E-state index in [1.807, 2.05) is 25.6 Å². The van der Waals surface area contributed by atoms with Gasteiger partial charge in [0, 0.05) is 4.90 Å². The van der Waals surface area contributed by atoms with Crippen LogP contribution in [0.2, 0.25) is 0 Å². The molecule has 180 valence electrons. The summed E-state index contributed by atoms with van der Waals surface area (Å²) in [5.41, 5.74) is 6.82. The van der Waals surface area contributed by atoms with Gasteiger partial charge in [-0.15, -0.1) is 11.8 Å². The fraction of sp³-hybridized carbons (Fsp3) is 0.400. The summed E-state index contributed by atoms with van der Waals surface area (Å²) < 4.78 is 12.5. The molecule has 1 aliphatic rings. The Morgan fingerprint density at radius 1 is 0.853 bits per heavy atom. The zero-order valence-corrected chi connectivity index (χ0v) is 22.7. The van der Waals surface area contributed by atoms with Crippen molar-refractivity contribution in [1.82, 2.24) is 0 Å². The Balaban J connectivity index is 0.00000158. The molecule has 1 atom stereocenters. The third-order valence-corrected chi connectivity index (χ3v) is 7.38. The molecular weight excluding hydrogens is 435 g/mol. The van der Waals surface area contributed by atoms with E-state index in [0.29, 0.717) is 0 Å². The second-order valence-corrected chi connectivity index (χ2v) is 10.4. The molecule has 0 aromatic heterocycles. The summed E-state index contributed by atoms with van der Waals surface area (Å²) >= 11 is 1.93. The number of hydrogen-bond acceptors (Lipinski definition) is 3. The van der Waals surface area contributed by atoms with Crippen LogP contribution in [0.5, 0.6) is 0 Å². The molecule has 3 aromatic carbocycles. The summed E-state index contributed by atoms with van der Waals surface area (Å²) in [5, 5.41) is 0. The van der Waals surface area contributed by atoms with Crippen molar-refractivity contribution in [2.75, 3.05) is 5.75 Å². The Morgan fingerprint density at radius 2 is 1.41 bits per heavy atom. The Kier molecular flexibility index (Phi) is 9.47. The average molecular weight is 475 g/mol. The first-order valence-electron chi connectivity index (χ1n) is 12.6. The fourth-order valence-electron chi connectivity index (χ4n) is 3.84. The van der Waals surface area contributed by atoms with Gasteiger partial charge in [0.15, 0.2) is 0 Å². The molecule has 0 saturated carbocycles. The van der Waals surface area contributed by atoms with E-state index in [1.165, 1.54) is 51.3 Å². The highest BCUT2D eigenvalue weighted by molar-refractivity contribution is 7.99. The lowest BCUT2D eigenvalue weighted by atomic mass is 9.76. The summed E-state index contributed by atoms with van der Waals surface area (Å²) in [7, 11) is -0.354. The van der Waals surface area contributed by atoms with Crippen molar-refractivity contribution < 1.29 is 9.31 Å². The molecule has 1 saturated heterocycles. The SMILES string of the molecule is CC.CCCCSc1ccc(-c2cc(B3OC(C)C(C)(C)O3)cc(-c3ccc(C)cc3)c2)cc1. The van der Waals surface area contributed by atoms with Gasteiger partial charge in [-0.05, 0) is 85.8 Å². The van der Waals surface area contributed by atoms with Crippen LogP contribution in [0.3, 0.4) is 0 Å². The zero-order valence-electron chi connectivity index (χ0n) is 21.9. The normalized spacial score (nSPS) is 16.8. The van der Waals surface area contributed by atoms with Crippen LogP contribution in [0, 0.1) is 6.92 Å². The molecule has 0 N–H and O–H groups in total. The van der Waals surface area contributed by atoms with Crippen LogP contribution in [-0.2, 0) is 9.31 Å². The fourth-order valence-corrected chi connectivity index (χ4v) is 4.84. The standard InChI is InChI=1S/C28H33BO2S.C2H6/c1-6-7-16-32-27-14-12-23(13-15-27)25-17-24(22-10-8-20(2)9-11-22)18-26(19-25)29-30-21(3)28(4,5)31-29;1-2/h8-15,17-19,21H,6-7,16H2,1-5H3;1-2H3. The maximum absolute atomic E-state index is 6.30. The molecule has 0 radical (unpaired) electrons. The van der Waals surface area contributed by atoms with Crippen LogP contribution >= 0.6 is 11.8 Å². The van der Waals surface area contributed by atoms with E-state index in [1.54, 1.807) is 0 Å². The van der Waals surface area contributed by atoms with Gasteiger partial charge in [0.1, 0.15) is 0 Å². The summed E-state index contributed by atoms with van der Waals surface area (Å²) in [6.45, 7) is 14.6. The molecule has 0 spiro atoms. The molecule has 1 unspecified atom stereocenters. The number of aryl methyl sites for hydroxylation is 1. The molecular formula is C30H39BO2S. The predicted octanol–water partition coefficient (Wildman–Crippen LogP) is 8.16. The first-order valence-corrected chi connectivity index (χ1v) is 13.6. The quantitative estimate of drug-likeness (QED) is 0.196. The molecule has 0 amide bonds. The second-order valence-electron chi connectivity index (χ2n) is 9.27. The minimum atomic E-state index is -0.354. The van der Waals surface area contributed by atoms with Gasteiger partial charge in [0.25, 0.3) is 0 Å². The Bertz CT molecular complexity index is 1040. The van der Waals surface area contributed by atoms with Gasteiger partial charge < -0.3 is 9.31 Å². The van der Waals surface area contributed by atoms with Crippen molar-refractivity contribution in [3.8, 4) is 22.3 Å². The lowest BCUT2D eigenvalue weighted by Crippen LogP contribution is -2.35. The highest BCUT2D eigenvalue weighted by Crippen LogP contribution is 2.31. The average Bonchev–Trinajstić information content (AvgIpc) is 3.13. The molecule has 1 heterocycles. The molecule has 3 aromatic rings.